The van der Waals surface area contributed by atoms with E-state index in [0.717, 1.165) is 24.9 Å². The fraction of sp³-hybridized carbons (Fsp3) is 0.556. The summed E-state index contributed by atoms with van der Waals surface area (Å²) in [5, 5.41) is 8.79. The molecule has 1 heterocycles. The van der Waals surface area contributed by atoms with Crippen LogP contribution < -0.4 is 0 Å². The molecule has 126 valence electrons. The van der Waals surface area contributed by atoms with Crippen molar-refractivity contribution < 1.29 is 19.4 Å². The number of piperidine rings is 1. The minimum Gasteiger partial charge on any atom is -0.481 e. The molecule has 5 nitrogen and oxygen atoms in total. The highest BCUT2D eigenvalue weighted by Crippen LogP contribution is 2.22. The fourth-order valence-corrected chi connectivity index (χ4v) is 2.95. The molecule has 0 spiro atoms. The van der Waals surface area contributed by atoms with Crippen molar-refractivity contribution in [3.8, 4) is 0 Å². The van der Waals surface area contributed by atoms with E-state index < -0.39 is 12.1 Å². The lowest BCUT2D eigenvalue weighted by molar-refractivity contribution is -0.145. The van der Waals surface area contributed by atoms with Crippen molar-refractivity contribution in [3.63, 3.8) is 0 Å². The lowest BCUT2D eigenvalue weighted by Crippen LogP contribution is -2.45. The Balaban J connectivity index is 1.80. The summed E-state index contributed by atoms with van der Waals surface area (Å²) < 4.78 is 5.69. The van der Waals surface area contributed by atoms with Gasteiger partial charge < -0.3 is 14.7 Å². The fourth-order valence-electron chi connectivity index (χ4n) is 2.95. The molecule has 1 aliphatic heterocycles. The van der Waals surface area contributed by atoms with Crippen LogP contribution in [-0.2, 0) is 20.9 Å². The van der Waals surface area contributed by atoms with E-state index in [4.69, 9.17) is 9.84 Å². The van der Waals surface area contributed by atoms with Crippen LogP contribution >= 0.6 is 0 Å². The molecule has 5 heteroatoms. The van der Waals surface area contributed by atoms with Gasteiger partial charge in [0.15, 0.2) is 0 Å². The number of aliphatic carboxylic acids is 1. The maximum atomic E-state index is 12.5. The SMILES string of the molecule is C[C@@H](OCc1ccccc1)C(=O)N1CCC[C@@H](CCC(=O)O)C1. The maximum absolute atomic E-state index is 12.5. The van der Waals surface area contributed by atoms with Gasteiger partial charge in [-0.2, -0.15) is 0 Å². The molecule has 0 saturated carbocycles. The molecule has 1 aromatic carbocycles. The molecule has 1 N–H and O–H groups in total. The maximum Gasteiger partial charge on any atom is 0.303 e. The van der Waals surface area contributed by atoms with Crippen LogP contribution in [0.5, 0.6) is 0 Å². The first-order chi connectivity index (χ1) is 11.1. The smallest absolute Gasteiger partial charge is 0.303 e. The zero-order chi connectivity index (χ0) is 16.7. The van der Waals surface area contributed by atoms with Gasteiger partial charge in [-0.05, 0) is 37.7 Å². The standard InChI is InChI=1S/C18H25NO4/c1-14(23-13-16-6-3-2-4-7-16)18(22)19-11-5-8-15(12-19)9-10-17(20)21/h2-4,6-7,14-15H,5,8-13H2,1H3,(H,20,21)/t14-,15+/m1/s1. The number of hydrogen-bond donors (Lipinski definition) is 1. The van der Waals surface area contributed by atoms with E-state index in [1.165, 1.54) is 0 Å². The van der Waals surface area contributed by atoms with Crippen LogP contribution in [0.15, 0.2) is 30.3 Å². The number of amides is 1. The van der Waals surface area contributed by atoms with E-state index in [0.29, 0.717) is 19.6 Å². The quantitative estimate of drug-likeness (QED) is 0.839. The highest BCUT2D eigenvalue weighted by Gasteiger charge is 2.27. The van der Waals surface area contributed by atoms with Crippen LogP contribution in [0.1, 0.15) is 38.2 Å². The van der Waals surface area contributed by atoms with Crippen molar-refractivity contribution >= 4 is 11.9 Å². The van der Waals surface area contributed by atoms with Gasteiger partial charge in [0.05, 0.1) is 6.61 Å². The molecule has 0 bridgehead atoms. The number of carboxylic acids is 1. The van der Waals surface area contributed by atoms with Crippen LogP contribution in [0, 0.1) is 5.92 Å². The Bertz CT molecular complexity index is 517. The summed E-state index contributed by atoms with van der Waals surface area (Å²) in [7, 11) is 0. The number of carbonyl (C=O) groups excluding carboxylic acids is 1. The predicted octanol–water partition coefficient (Wildman–Crippen LogP) is 2.70. The summed E-state index contributed by atoms with van der Waals surface area (Å²) in [6.45, 7) is 3.59. The Morgan fingerprint density at radius 3 is 2.78 bits per heavy atom. The van der Waals surface area contributed by atoms with Crippen LogP contribution in [0.2, 0.25) is 0 Å². The number of carboxylic acid groups (broad SMARTS) is 1. The Morgan fingerprint density at radius 2 is 2.09 bits per heavy atom. The summed E-state index contributed by atoms with van der Waals surface area (Å²) in [4.78, 5) is 25.0. The van der Waals surface area contributed by atoms with E-state index in [1.54, 1.807) is 6.92 Å². The summed E-state index contributed by atoms with van der Waals surface area (Å²) in [5.74, 6) is -0.487. The molecule has 1 fully saturated rings. The number of benzene rings is 1. The third-order valence-corrected chi connectivity index (χ3v) is 4.29. The van der Waals surface area contributed by atoms with Gasteiger partial charge in [-0.15, -0.1) is 0 Å². The van der Waals surface area contributed by atoms with Gasteiger partial charge in [-0.25, -0.2) is 0 Å². The molecule has 1 aliphatic rings. The minimum atomic E-state index is -0.770. The molecule has 2 atom stereocenters. The average Bonchev–Trinajstić information content (AvgIpc) is 2.58. The molecular formula is C18H25NO4. The lowest BCUT2D eigenvalue weighted by atomic mass is 9.93. The average molecular weight is 319 g/mol. The first-order valence-electron chi connectivity index (χ1n) is 8.22. The largest absolute Gasteiger partial charge is 0.481 e. The third-order valence-electron chi connectivity index (χ3n) is 4.29. The monoisotopic (exact) mass is 319 g/mol. The van der Waals surface area contributed by atoms with Crippen molar-refractivity contribution in [1.82, 2.24) is 4.90 Å². The number of hydrogen-bond acceptors (Lipinski definition) is 3. The first kappa shape index (κ1) is 17.5. The number of carbonyl (C=O) groups is 2. The second kappa shape index (κ2) is 8.67. The Kier molecular flexibility index (Phi) is 6.59. The van der Waals surface area contributed by atoms with Crippen LogP contribution in [0.25, 0.3) is 0 Å². The molecule has 0 radical (unpaired) electrons. The van der Waals surface area contributed by atoms with Gasteiger partial charge in [-0.3, -0.25) is 9.59 Å². The lowest BCUT2D eigenvalue weighted by Gasteiger charge is -2.34. The van der Waals surface area contributed by atoms with E-state index in [-0.39, 0.29) is 18.2 Å². The zero-order valence-electron chi connectivity index (χ0n) is 13.6. The molecule has 0 unspecified atom stereocenters. The predicted molar refractivity (Wildman–Crippen MR) is 86.9 cm³/mol. The summed E-state index contributed by atoms with van der Waals surface area (Å²) in [6.07, 6.45) is 2.26. The van der Waals surface area contributed by atoms with Crippen molar-refractivity contribution in [2.75, 3.05) is 13.1 Å². The van der Waals surface area contributed by atoms with Crippen LogP contribution in [-0.4, -0.2) is 41.1 Å². The van der Waals surface area contributed by atoms with Gasteiger partial charge in [0.25, 0.3) is 5.91 Å². The highest BCUT2D eigenvalue weighted by atomic mass is 16.5. The van der Waals surface area contributed by atoms with Gasteiger partial charge in [0.1, 0.15) is 6.10 Å². The van der Waals surface area contributed by atoms with E-state index >= 15 is 0 Å². The third kappa shape index (κ3) is 5.67. The van der Waals surface area contributed by atoms with Crippen molar-refractivity contribution in [2.24, 2.45) is 5.92 Å². The van der Waals surface area contributed by atoms with Crippen molar-refractivity contribution in [2.45, 2.75) is 45.3 Å². The van der Waals surface area contributed by atoms with E-state index in [1.807, 2.05) is 35.2 Å². The van der Waals surface area contributed by atoms with Gasteiger partial charge >= 0.3 is 5.97 Å². The molecule has 0 aliphatic carbocycles. The molecule has 23 heavy (non-hydrogen) atoms. The number of nitrogens with zero attached hydrogens (tertiary/aromatic N) is 1. The molecule has 2 rings (SSSR count). The molecule has 1 aromatic rings. The number of likely N-dealkylation sites (tertiary alicyclic amines) is 1. The second-order valence-corrected chi connectivity index (χ2v) is 6.16. The topological polar surface area (TPSA) is 66.8 Å². The second-order valence-electron chi connectivity index (χ2n) is 6.16. The normalized spacial score (nSPS) is 19.3. The van der Waals surface area contributed by atoms with E-state index in [9.17, 15) is 9.59 Å². The van der Waals surface area contributed by atoms with Gasteiger partial charge in [0, 0.05) is 19.5 Å². The first-order valence-corrected chi connectivity index (χ1v) is 8.22. The Labute approximate surface area is 137 Å². The van der Waals surface area contributed by atoms with Gasteiger partial charge in [-0.1, -0.05) is 30.3 Å². The molecule has 1 saturated heterocycles. The Morgan fingerprint density at radius 1 is 1.35 bits per heavy atom. The molecule has 1 amide bonds. The molecular weight excluding hydrogens is 294 g/mol. The summed E-state index contributed by atoms with van der Waals surface area (Å²) >= 11 is 0. The Hall–Kier alpha value is -1.88. The summed E-state index contributed by atoms with van der Waals surface area (Å²) in [5.41, 5.74) is 1.05. The van der Waals surface area contributed by atoms with Crippen LogP contribution in [0.4, 0.5) is 0 Å². The number of ether oxygens (including phenoxy) is 1. The zero-order valence-corrected chi connectivity index (χ0v) is 13.6. The minimum absolute atomic E-state index is 0.000885. The highest BCUT2D eigenvalue weighted by molar-refractivity contribution is 5.80. The van der Waals surface area contributed by atoms with E-state index in [2.05, 4.69) is 0 Å². The number of rotatable bonds is 7. The van der Waals surface area contributed by atoms with Crippen LogP contribution in [0.3, 0.4) is 0 Å². The summed E-state index contributed by atoms with van der Waals surface area (Å²) in [6, 6.07) is 9.79. The van der Waals surface area contributed by atoms with Gasteiger partial charge in [0.2, 0.25) is 0 Å². The van der Waals surface area contributed by atoms with Crippen molar-refractivity contribution in [1.29, 1.82) is 0 Å². The van der Waals surface area contributed by atoms with Crippen molar-refractivity contribution in [3.05, 3.63) is 35.9 Å². The molecule has 0 aromatic heterocycles.